The molecule has 1 atom stereocenters. The first-order valence-electron chi connectivity index (χ1n) is 10.5. The van der Waals surface area contributed by atoms with E-state index in [1.54, 1.807) is 24.3 Å². The highest BCUT2D eigenvalue weighted by Gasteiger charge is 2.33. The fourth-order valence-electron chi connectivity index (χ4n) is 3.89. The van der Waals surface area contributed by atoms with Gasteiger partial charge in [-0.05, 0) is 49.6 Å². The Hall–Kier alpha value is -3.60. The Morgan fingerprint density at radius 3 is 2.79 bits per heavy atom. The fraction of sp³-hybridized carbons (Fsp3) is 0.273. The fourth-order valence-corrected chi connectivity index (χ4v) is 4.05. The zero-order valence-electron chi connectivity index (χ0n) is 17.6. The van der Waals surface area contributed by atoms with Gasteiger partial charge in [0, 0.05) is 17.0 Å². The molecule has 2 aromatic heterocycles. The molecule has 0 spiro atoms. The van der Waals surface area contributed by atoms with Gasteiger partial charge in [-0.25, -0.2) is 9.97 Å². The lowest BCUT2D eigenvalue weighted by molar-refractivity contribution is -0.274. The molecule has 12 heteroatoms. The number of nitrogens with one attached hydrogen (secondary N) is 2. The molecule has 0 bridgehead atoms. The lowest BCUT2D eigenvalue weighted by atomic mass is 10.1. The van der Waals surface area contributed by atoms with Gasteiger partial charge >= 0.3 is 6.36 Å². The van der Waals surface area contributed by atoms with E-state index in [0.717, 1.165) is 18.9 Å². The number of carbonyl (C=O) groups excluding carboxylic acids is 1. The van der Waals surface area contributed by atoms with Gasteiger partial charge < -0.3 is 15.4 Å². The molecule has 0 aliphatic carbocycles. The molecule has 4 aromatic rings. The number of hydrogen-bond donors (Lipinski definition) is 2. The summed E-state index contributed by atoms with van der Waals surface area (Å²) in [7, 11) is 0. The summed E-state index contributed by atoms with van der Waals surface area (Å²) in [5.41, 5.74) is 0.964. The van der Waals surface area contributed by atoms with Crippen molar-refractivity contribution < 1.29 is 22.7 Å². The number of alkyl halides is 3. The Morgan fingerprint density at radius 2 is 1.97 bits per heavy atom. The molecule has 8 nitrogen and oxygen atoms in total. The summed E-state index contributed by atoms with van der Waals surface area (Å²) < 4.78 is 44.6. The molecule has 1 aliphatic rings. The average molecular weight is 491 g/mol. The second kappa shape index (κ2) is 8.64. The smallest absolute Gasteiger partial charge is 0.405 e. The molecule has 1 aliphatic heterocycles. The standard InChI is InChI=1S/C22H18ClF3N6O2/c23-12-8-9-14(17(11-12)34-22(24,25)26)18-30-19-13-5-1-2-6-15(13)28-21(32(19)31-18)29-16-7-3-4-10-27-20(16)33/h1-2,5-6,8-9,11,16H,3-4,7,10H2,(H,27,33)(H,28,29)/t16-/m1/s1. The third kappa shape index (κ3) is 4.43. The van der Waals surface area contributed by atoms with Crippen LogP contribution < -0.4 is 15.4 Å². The Morgan fingerprint density at radius 1 is 1.15 bits per heavy atom. The highest BCUT2D eigenvalue weighted by molar-refractivity contribution is 6.30. The van der Waals surface area contributed by atoms with Crippen molar-refractivity contribution in [3.05, 3.63) is 47.5 Å². The zero-order valence-corrected chi connectivity index (χ0v) is 18.3. The minimum Gasteiger partial charge on any atom is -0.405 e. The summed E-state index contributed by atoms with van der Waals surface area (Å²) in [6, 6.07) is 10.5. The van der Waals surface area contributed by atoms with Crippen molar-refractivity contribution in [3.8, 4) is 17.1 Å². The summed E-state index contributed by atoms with van der Waals surface area (Å²) in [5, 5.41) is 11.1. The van der Waals surface area contributed by atoms with Crippen LogP contribution in [-0.4, -0.2) is 44.4 Å². The van der Waals surface area contributed by atoms with E-state index in [2.05, 4.69) is 30.4 Å². The van der Waals surface area contributed by atoms with Gasteiger partial charge in [0.2, 0.25) is 11.9 Å². The normalized spacial score (nSPS) is 16.9. The molecule has 0 saturated carbocycles. The van der Waals surface area contributed by atoms with Crippen LogP contribution in [0.3, 0.4) is 0 Å². The number of amides is 1. The van der Waals surface area contributed by atoms with Gasteiger partial charge in [-0.1, -0.05) is 23.7 Å². The Bertz CT molecular complexity index is 1390. The van der Waals surface area contributed by atoms with Crippen LogP contribution in [0.1, 0.15) is 19.3 Å². The number of carbonyl (C=O) groups is 1. The second-order valence-electron chi connectivity index (χ2n) is 7.80. The molecule has 1 amide bonds. The SMILES string of the molecule is O=C1NCCCC[C@H]1Nc1nc2ccccc2c2nc(-c3ccc(Cl)cc3OC(F)(F)F)nn12. The number of aromatic nitrogens is 4. The van der Waals surface area contributed by atoms with Gasteiger partial charge in [-0.2, -0.15) is 4.52 Å². The molecule has 0 radical (unpaired) electrons. The number of benzene rings is 2. The number of anilines is 1. The van der Waals surface area contributed by atoms with Crippen LogP contribution in [0.5, 0.6) is 5.75 Å². The van der Waals surface area contributed by atoms with Crippen LogP contribution in [0.15, 0.2) is 42.5 Å². The predicted octanol–water partition coefficient (Wildman–Crippen LogP) is 4.58. The van der Waals surface area contributed by atoms with Crippen LogP contribution >= 0.6 is 11.6 Å². The number of rotatable bonds is 4. The van der Waals surface area contributed by atoms with Gasteiger partial charge in [0.05, 0.1) is 11.1 Å². The number of para-hydroxylation sites is 1. The molecular formula is C22H18ClF3N6O2. The van der Waals surface area contributed by atoms with E-state index in [4.69, 9.17) is 11.6 Å². The van der Waals surface area contributed by atoms with Gasteiger partial charge in [0.25, 0.3) is 0 Å². The second-order valence-corrected chi connectivity index (χ2v) is 8.23. The molecule has 1 saturated heterocycles. The summed E-state index contributed by atoms with van der Waals surface area (Å²) in [5.74, 6) is -0.436. The van der Waals surface area contributed by atoms with E-state index in [9.17, 15) is 18.0 Å². The van der Waals surface area contributed by atoms with Crippen molar-refractivity contribution in [2.45, 2.75) is 31.7 Å². The van der Waals surface area contributed by atoms with E-state index in [1.165, 1.54) is 16.6 Å². The van der Waals surface area contributed by atoms with E-state index in [0.29, 0.717) is 29.5 Å². The van der Waals surface area contributed by atoms with Crippen molar-refractivity contribution in [3.63, 3.8) is 0 Å². The molecule has 176 valence electrons. The van der Waals surface area contributed by atoms with Crippen LogP contribution in [0.4, 0.5) is 19.1 Å². The first-order chi connectivity index (χ1) is 16.3. The maximum atomic E-state index is 13.0. The minimum absolute atomic E-state index is 0.00710. The predicted molar refractivity (Wildman–Crippen MR) is 120 cm³/mol. The molecule has 34 heavy (non-hydrogen) atoms. The molecule has 1 fully saturated rings. The Labute approximate surface area is 196 Å². The van der Waals surface area contributed by atoms with Gasteiger partial charge in [0.1, 0.15) is 11.8 Å². The Kier molecular flexibility index (Phi) is 5.64. The third-order valence-electron chi connectivity index (χ3n) is 5.43. The highest BCUT2D eigenvalue weighted by atomic mass is 35.5. The van der Waals surface area contributed by atoms with Crippen molar-refractivity contribution >= 4 is 40.0 Å². The number of nitrogens with zero attached hydrogens (tertiary/aromatic N) is 4. The molecule has 2 N–H and O–H groups in total. The summed E-state index contributed by atoms with van der Waals surface area (Å²) >= 11 is 5.90. The lowest BCUT2D eigenvalue weighted by Gasteiger charge is -2.16. The first-order valence-corrected chi connectivity index (χ1v) is 10.9. The minimum atomic E-state index is -4.92. The lowest BCUT2D eigenvalue weighted by Crippen LogP contribution is -2.38. The third-order valence-corrected chi connectivity index (χ3v) is 5.66. The molecule has 0 unspecified atom stereocenters. The van der Waals surface area contributed by atoms with E-state index < -0.39 is 18.2 Å². The van der Waals surface area contributed by atoms with Crippen LogP contribution in [0, 0.1) is 0 Å². The number of ether oxygens (including phenoxy) is 1. The Balaban J connectivity index is 1.66. The summed E-state index contributed by atoms with van der Waals surface area (Å²) in [6.45, 7) is 0.601. The molecule has 2 aromatic carbocycles. The quantitative estimate of drug-likeness (QED) is 0.435. The van der Waals surface area contributed by atoms with Crippen LogP contribution in [0.25, 0.3) is 27.9 Å². The average Bonchev–Trinajstić information content (AvgIpc) is 3.12. The first kappa shape index (κ1) is 22.2. The molecule has 5 rings (SSSR count). The monoisotopic (exact) mass is 490 g/mol. The number of hydrogen-bond acceptors (Lipinski definition) is 6. The molecular weight excluding hydrogens is 473 g/mol. The van der Waals surface area contributed by atoms with E-state index >= 15 is 0 Å². The highest BCUT2D eigenvalue weighted by Crippen LogP contribution is 2.35. The number of fused-ring (bicyclic) bond motifs is 3. The number of halogens is 4. The summed E-state index contributed by atoms with van der Waals surface area (Å²) in [6.07, 6.45) is -2.61. The van der Waals surface area contributed by atoms with Gasteiger partial charge in [-0.15, -0.1) is 18.3 Å². The maximum Gasteiger partial charge on any atom is 0.573 e. The zero-order chi connectivity index (χ0) is 23.9. The van der Waals surface area contributed by atoms with Crippen molar-refractivity contribution in [2.75, 3.05) is 11.9 Å². The van der Waals surface area contributed by atoms with E-state index in [1.807, 2.05) is 0 Å². The largest absolute Gasteiger partial charge is 0.573 e. The van der Waals surface area contributed by atoms with Gasteiger partial charge in [-0.3, -0.25) is 4.79 Å². The van der Waals surface area contributed by atoms with Gasteiger partial charge in [0.15, 0.2) is 11.5 Å². The topological polar surface area (TPSA) is 93.4 Å². The van der Waals surface area contributed by atoms with E-state index in [-0.39, 0.29) is 28.3 Å². The molecule has 3 heterocycles. The van der Waals surface area contributed by atoms with Crippen molar-refractivity contribution in [1.29, 1.82) is 0 Å². The van der Waals surface area contributed by atoms with Crippen molar-refractivity contribution in [2.24, 2.45) is 0 Å². The summed E-state index contributed by atoms with van der Waals surface area (Å²) in [4.78, 5) is 21.6. The van der Waals surface area contributed by atoms with Crippen LogP contribution in [-0.2, 0) is 4.79 Å². The van der Waals surface area contributed by atoms with Crippen LogP contribution in [0.2, 0.25) is 5.02 Å². The van der Waals surface area contributed by atoms with Crippen molar-refractivity contribution in [1.82, 2.24) is 24.9 Å². The maximum absolute atomic E-state index is 13.0.